The van der Waals surface area contributed by atoms with Crippen LogP contribution in [0, 0.1) is 0 Å². The van der Waals surface area contributed by atoms with Gasteiger partial charge in [-0.3, -0.25) is 0 Å². The second-order valence-corrected chi connectivity index (χ2v) is 10.0. The summed E-state index contributed by atoms with van der Waals surface area (Å²) < 4.78 is 0. The largest absolute Gasteiger partial charge is 0.227 e. The third kappa shape index (κ3) is 4.46. The predicted octanol–water partition coefficient (Wildman–Crippen LogP) is 10.1. The summed E-state index contributed by atoms with van der Waals surface area (Å²) in [6.07, 6.45) is 0. The first-order valence-corrected chi connectivity index (χ1v) is 13.3. The third-order valence-corrected chi connectivity index (χ3v) is 7.41. The van der Waals surface area contributed by atoms with Crippen LogP contribution < -0.4 is 0 Å². The Hall–Kier alpha value is -4.79. The van der Waals surface area contributed by atoms with Crippen LogP contribution in [-0.4, -0.2) is 9.97 Å². The van der Waals surface area contributed by atoms with Crippen molar-refractivity contribution in [1.82, 2.24) is 9.97 Å². The van der Waals surface area contributed by atoms with Crippen LogP contribution in [0.2, 0.25) is 5.02 Å². The maximum Gasteiger partial charge on any atom is 0.160 e. The minimum Gasteiger partial charge on any atom is -0.227 e. The third-order valence-electron chi connectivity index (χ3n) is 7.15. The van der Waals surface area contributed by atoms with Gasteiger partial charge in [0.25, 0.3) is 0 Å². The van der Waals surface area contributed by atoms with E-state index in [2.05, 4.69) is 109 Å². The van der Waals surface area contributed by atoms with Gasteiger partial charge in [-0.2, -0.15) is 0 Å². The molecule has 184 valence electrons. The number of halogens is 1. The van der Waals surface area contributed by atoms with Gasteiger partial charge in [0, 0.05) is 26.9 Å². The van der Waals surface area contributed by atoms with Gasteiger partial charge in [-0.1, -0.05) is 115 Å². The highest BCUT2D eigenvalue weighted by Crippen LogP contribution is 2.35. The number of benzene rings is 6. The zero-order chi connectivity index (χ0) is 26.2. The molecule has 0 saturated carbocycles. The summed E-state index contributed by atoms with van der Waals surface area (Å²) in [5.41, 5.74) is 8.58. The Labute approximate surface area is 232 Å². The van der Waals surface area contributed by atoms with Crippen molar-refractivity contribution in [3.05, 3.63) is 145 Å². The first-order chi connectivity index (χ1) is 19.2. The van der Waals surface area contributed by atoms with Crippen molar-refractivity contribution in [2.24, 2.45) is 0 Å². The molecule has 3 heteroatoms. The summed E-state index contributed by atoms with van der Waals surface area (Å²) >= 11 is 6.18. The van der Waals surface area contributed by atoms with Crippen molar-refractivity contribution in [3.63, 3.8) is 0 Å². The topological polar surface area (TPSA) is 25.8 Å². The van der Waals surface area contributed by atoms with Crippen LogP contribution in [0.5, 0.6) is 0 Å². The zero-order valence-electron chi connectivity index (χ0n) is 21.1. The van der Waals surface area contributed by atoms with E-state index in [4.69, 9.17) is 21.6 Å². The molecule has 0 amide bonds. The van der Waals surface area contributed by atoms with Crippen LogP contribution in [0.4, 0.5) is 0 Å². The minimum absolute atomic E-state index is 0.683. The van der Waals surface area contributed by atoms with E-state index in [0.29, 0.717) is 10.8 Å². The Kier molecular flexibility index (Phi) is 5.88. The molecule has 1 heterocycles. The van der Waals surface area contributed by atoms with Crippen LogP contribution in [0.25, 0.3) is 66.6 Å². The highest BCUT2D eigenvalue weighted by molar-refractivity contribution is 6.30. The smallest absolute Gasteiger partial charge is 0.160 e. The van der Waals surface area contributed by atoms with Gasteiger partial charge in [0.15, 0.2) is 5.82 Å². The molecule has 0 spiro atoms. The van der Waals surface area contributed by atoms with Crippen LogP contribution in [0.3, 0.4) is 0 Å². The Morgan fingerprint density at radius 3 is 1.82 bits per heavy atom. The molecule has 0 unspecified atom stereocenters. The molecule has 0 fully saturated rings. The number of aromatic nitrogens is 2. The Morgan fingerprint density at radius 1 is 0.410 bits per heavy atom. The van der Waals surface area contributed by atoms with Gasteiger partial charge in [0.2, 0.25) is 0 Å². The van der Waals surface area contributed by atoms with E-state index >= 15 is 0 Å². The lowest BCUT2D eigenvalue weighted by atomic mass is 9.97. The summed E-state index contributed by atoms with van der Waals surface area (Å²) in [5.74, 6) is 0.683. The fraction of sp³-hybridized carbons (Fsp3) is 0. The molecule has 0 N–H and O–H groups in total. The molecule has 0 radical (unpaired) electrons. The lowest BCUT2D eigenvalue weighted by Crippen LogP contribution is -1.96. The molecule has 0 aliphatic heterocycles. The van der Waals surface area contributed by atoms with Crippen LogP contribution in [-0.2, 0) is 0 Å². The van der Waals surface area contributed by atoms with Gasteiger partial charge < -0.3 is 0 Å². The van der Waals surface area contributed by atoms with Gasteiger partial charge in [0.1, 0.15) is 0 Å². The lowest BCUT2D eigenvalue weighted by Gasteiger charge is -2.13. The van der Waals surface area contributed by atoms with E-state index in [0.717, 1.165) is 44.1 Å². The number of nitrogens with zero attached hydrogens (tertiary/aromatic N) is 2. The Bertz CT molecular complexity index is 1940. The Morgan fingerprint density at radius 2 is 1.03 bits per heavy atom. The summed E-state index contributed by atoms with van der Waals surface area (Å²) in [6, 6.07) is 48.2. The molecular formula is C36H23ClN2. The fourth-order valence-corrected chi connectivity index (χ4v) is 5.27. The monoisotopic (exact) mass is 518 g/mol. The molecule has 0 atom stereocenters. The molecule has 0 aliphatic rings. The number of rotatable bonds is 4. The van der Waals surface area contributed by atoms with Gasteiger partial charge in [-0.05, 0) is 64.0 Å². The molecule has 7 rings (SSSR count). The normalized spacial score (nSPS) is 11.2. The second kappa shape index (κ2) is 9.83. The Balaban J connectivity index is 1.38. The maximum absolute atomic E-state index is 6.18. The van der Waals surface area contributed by atoms with Crippen LogP contribution in [0.15, 0.2) is 140 Å². The van der Waals surface area contributed by atoms with E-state index in [1.54, 1.807) is 0 Å². The molecule has 7 aromatic rings. The quantitative estimate of drug-likeness (QED) is 0.216. The highest BCUT2D eigenvalue weighted by Gasteiger charge is 2.14. The van der Waals surface area contributed by atoms with Gasteiger partial charge >= 0.3 is 0 Å². The average molecular weight is 519 g/mol. The number of hydrogen-bond donors (Lipinski definition) is 0. The first-order valence-electron chi connectivity index (χ1n) is 12.9. The summed E-state index contributed by atoms with van der Waals surface area (Å²) in [7, 11) is 0. The second-order valence-electron chi connectivity index (χ2n) is 9.61. The van der Waals surface area contributed by atoms with Crippen molar-refractivity contribution < 1.29 is 0 Å². The van der Waals surface area contributed by atoms with Crippen molar-refractivity contribution in [2.75, 3.05) is 0 Å². The van der Waals surface area contributed by atoms with Gasteiger partial charge in [-0.25, -0.2) is 9.97 Å². The fourth-order valence-electron chi connectivity index (χ4n) is 5.14. The van der Waals surface area contributed by atoms with Crippen molar-refractivity contribution in [1.29, 1.82) is 0 Å². The SMILES string of the molecule is Clc1ccc(-c2nc(-c3cccc(-c4ccc(-c5ccccc5)cc4)c3)c3ccc4ccccc4c3n2)cc1. The zero-order valence-corrected chi connectivity index (χ0v) is 21.8. The number of fused-ring (bicyclic) bond motifs is 3. The van der Waals surface area contributed by atoms with Gasteiger partial charge in [-0.15, -0.1) is 0 Å². The molecule has 1 aromatic heterocycles. The van der Waals surface area contributed by atoms with E-state index in [1.807, 2.05) is 30.3 Å². The molecular weight excluding hydrogens is 496 g/mol. The van der Waals surface area contributed by atoms with E-state index in [1.165, 1.54) is 16.7 Å². The molecule has 0 saturated heterocycles. The highest BCUT2D eigenvalue weighted by atomic mass is 35.5. The summed E-state index contributed by atoms with van der Waals surface area (Å²) in [5, 5.41) is 3.99. The van der Waals surface area contributed by atoms with Crippen LogP contribution in [0.1, 0.15) is 0 Å². The van der Waals surface area contributed by atoms with Crippen molar-refractivity contribution >= 4 is 33.3 Å². The van der Waals surface area contributed by atoms with E-state index in [9.17, 15) is 0 Å². The predicted molar refractivity (Wildman–Crippen MR) is 164 cm³/mol. The first kappa shape index (κ1) is 23.3. The molecule has 6 aromatic carbocycles. The number of hydrogen-bond acceptors (Lipinski definition) is 2. The van der Waals surface area contributed by atoms with Gasteiger partial charge in [0.05, 0.1) is 11.2 Å². The molecule has 0 aliphatic carbocycles. The van der Waals surface area contributed by atoms with Crippen molar-refractivity contribution in [2.45, 2.75) is 0 Å². The molecule has 2 nitrogen and oxygen atoms in total. The molecule has 0 bridgehead atoms. The summed E-state index contributed by atoms with van der Waals surface area (Å²) in [6.45, 7) is 0. The van der Waals surface area contributed by atoms with E-state index < -0.39 is 0 Å². The van der Waals surface area contributed by atoms with Crippen LogP contribution >= 0.6 is 11.6 Å². The summed E-state index contributed by atoms with van der Waals surface area (Å²) in [4.78, 5) is 10.2. The van der Waals surface area contributed by atoms with Crippen molar-refractivity contribution in [3.8, 4) is 44.9 Å². The minimum atomic E-state index is 0.683. The van der Waals surface area contributed by atoms with E-state index in [-0.39, 0.29) is 0 Å². The average Bonchev–Trinajstić information content (AvgIpc) is 3.01. The molecule has 39 heavy (non-hydrogen) atoms. The lowest BCUT2D eigenvalue weighted by molar-refractivity contribution is 1.23. The standard InChI is InChI=1S/C36H23ClN2/c37-31-20-17-28(18-21-31)36-38-34(33-22-19-27-9-4-5-12-32(27)35(33)39-36)30-11-6-10-29(23-30)26-15-13-25(14-16-26)24-7-2-1-3-8-24/h1-23H. The maximum atomic E-state index is 6.18.